The number of thioether (sulfide) groups is 1. The van der Waals surface area contributed by atoms with Crippen molar-refractivity contribution < 1.29 is 9.21 Å². The van der Waals surface area contributed by atoms with Gasteiger partial charge in [0.25, 0.3) is 5.22 Å². The third-order valence-corrected chi connectivity index (χ3v) is 2.23. The molecule has 0 radical (unpaired) electrons. The summed E-state index contributed by atoms with van der Waals surface area (Å²) in [5.41, 5.74) is 0. The van der Waals surface area contributed by atoms with Gasteiger partial charge in [0.2, 0.25) is 5.89 Å². The van der Waals surface area contributed by atoms with Crippen molar-refractivity contribution in [2.45, 2.75) is 31.4 Å². The summed E-state index contributed by atoms with van der Waals surface area (Å²) in [7, 11) is 0. The van der Waals surface area contributed by atoms with Crippen LogP contribution in [0.4, 0.5) is 0 Å². The van der Waals surface area contributed by atoms with E-state index in [-0.39, 0.29) is 5.92 Å². The van der Waals surface area contributed by atoms with E-state index < -0.39 is 0 Å². The highest BCUT2D eigenvalue weighted by Gasteiger charge is 2.08. The molecule has 0 saturated carbocycles. The Labute approximate surface area is 81.1 Å². The Morgan fingerprint density at radius 1 is 1.54 bits per heavy atom. The van der Waals surface area contributed by atoms with Crippen molar-refractivity contribution in [1.82, 2.24) is 10.2 Å². The molecule has 1 heterocycles. The fourth-order valence-corrected chi connectivity index (χ4v) is 1.34. The molecule has 0 unspecified atom stereocenters. The minimum Gasteiger partial charge on any atom is -0.416 e. The van der Waals surface area contributed by atoms with Crippen LogP contribution >= 0.6 is 11.8 Å². The van der Waals surface area contributed by atoms with E-state index in [2.05, 4.69) is 10.2 Å². The molecular formula is C8H12N2O2S. The predicted molar refractivity (Wildman–Crippen MR) is 49.8 cm³/mol. The Morgan fingerprint density at radius 3 is 2.85 bits per heavy atom. The monoisotopic (exact) mass is 200 g/mol. The van der Waals surface area contributed by atoms with Crippen LogP contribution in [0.3, 0.4) is 0 Å². The zero-order valence-corrected chi connectivity index (χ0v) is 8.50. The van der Waals surface area contributed by atoms with E-state index in [1.807, 2.05) is 13.8 Å². The maximum absolute atomic E-state index is 10.0. The molecule has 0 aliphatic heterocycles. The van der Waals surface area contributed by atoms with Gasteiger partial charge in [0.1, 0.15) is 6.29 Å². The SMILES string of the molecule is CC(C)c1nnc(SCCC=O)o1. The van der Waals surface area contributed by atoms with Crippen LogP contribution in [0.5, 0.6) is 0 Å². The van der Waals surface area contributed by atoms with E-state index in [0.717, 1.165) is 6.29 Å². The Balaban J connectivity index is 2.44. The van der Waals surface area contributed by atoms with Gasteiger partial charge in [-0.3, -0.25) is 0 Å². The fourth-order valence-electron chi connectivity index (χ4n) is 0.706. The first-order chi connectivity index (χ1) is 6.24. The second-order valence-corrected chi connectivity index (χ2v) is 3.91. The summed E-state index contributed by atoms with van der Waals surface area (Å²) in [5, 5.41) is 8.26. The molecule has 0 amide bonds. The van der Waals surface area contributed by atoms with E-state index >= 15 is 0 Å². The molecule has 0 aromatic carbocycles. The normalized spacial score (nSPS) is 10.7. The molecule has 72 valence electrons. The van der Waals surface area contributed by atoms with E-state index in [1.165, 1.54) is 11.8 Å². The lowest BCUT2D eigenvalue weighted by molar-refractivity contribution is -0.107. The van der Waals surface area contributed by atoms with E-state index in [1.54, 1.807) is 0 Å². The highest BCUT2D eigenvalue weighted by Crippen LogP contribution is 2.20. The zero-order chi connectivity index (χ0) is 9.68. The number of carbonyl (C=O) groups is 1. The molecule has 0 N–H and O–H groups in total. The molecule has 0 bridgehead atoms. The molecule has 0 spiro atoms. The maximum atomic E-state index is 10.0. The van der Waals surface area contributed by atoms with Gasteiger partial charge >= 0.3 is 0 Å². The van der Waals surface area contributed by atoms with Gasteiger partial charge in [-0.15, -0.1) is 10.2 Å². The molecule has 0 aliphatic rings. The van der Waals surface area contributed by atoms with Gasteiger partial charge in [-0.1, -0.05) is 25.6 Å². The van der Waals surface area contributed by atoms with Crippen LogP contribution in [0.2, 0.25) is 0 Å². The Morgan fingerprint density at radius 2 is 2.31 bits per heavy atom. The molecule has 1 aromatic rings. The van der Waals surface area contributed by atoms with Crippen LogP contribution in [-0.2, 0) is 4.79 Å². The van der Waals surface area contributed by atoms with E-state index in [9.17, 15) is 4.79 Å². The number of carbonyl (C=O) groups excluding carboxylic acids is 1. The van der Waals surface area contributed by atoms with Crippen molar-refractivity contribution >= 4 is 18.0 Å². The largest absolute Gasteiger partial charge is 0.416 e. The van der Waals surface area contributed by atoms with Crippen LogP contribution in [-0.4, -0.2) is 22.2 Å². The molecule has 13 heavy (non-hydrogen) atoms. The quantitative estimate of drug-likeness (QED) is 0.412. The van der Waals surface area contributed by atoms with Crippen LogP contribution in [0.25, 0.3) is 0 Å². The number of hydrogen-bond acceptors (Lipinski definition) is 5. The van der Waals surface area contributed by atoms with Gasteiger partial charge in [-0.25, -0.2) is 0 Å². The van der Waals surface area contributed by atoms with Gasteiger partial charge in [-0.05, 0) is 0 Å². The van der Waals surface area contributed by atoms with Crippen LogP contribution in [0.1, 0.15) is 32.1 Å². The van der Waals surface area contributed by atoms with Crippen LogP contribution < -0.4 is 0 Å². The number of aromatic nitrogens is 2. The molecular weight excluding hydrogens is 188 g/mol. The molecule has 0 atom stereocenters. The summed E-state index contributed by atoms with van der Waals surface area (Å²) in [5.74, 6) is 1.60. The Bertz CT molecular complexity index is 273. The minimum absolute atomic E-state index is 0.257. The first-order valence-corrected chi connectivity index (χ1v) is 5.12. The zero-order valence-electron chi connectivity index (χ0n) is 7.69. The van der Waals surface area contributed by atoms with Crippen LogP contribution in [0.15, 0.2) is 9.64 Å². The number of nitrogens with zero attached hydrogens (tertiary/aromatic N) is 2. The van der Waals surface area contributed by atoms with Gasteiger partial charge in [0.15, 0.2) is 0 Å². The van der Waals surface area contributed by atoms with Crippen molar-refractivity contribution in [2.24, 2.45) is 0 Å². The highest BCUT2D eigenvalue weighted by molar-refractivity contribution is 7.99. The summed E-state index contributed by atoms with van der Waals surface area (Å²) in [6, 6.07) is 0. The topological polar surface area (TPSA) is 56.0 Å². The van der Waals surface area contributed by atoms with Crippen LogP contribution in [0, 0.1) is 0 Å². The summed E-state index contributed by atoms with van der Waals surface area (Å²) in [6.07, 6.45) is 1.40. The average Bonchev–Trinajstić information content (AvgIpc) is 2.53. The number of hydrogen-bond donors (Lipinski definition) is 0. The fraction of sp³-hybridized carbons (Fsp3) is 0.625. The molecule has 0 fully saturated rings. The van der Waals surface area contributed by atoms with Crippen molar-refractivity contribution in [3.8, 4) is 0 Å². The molecule has 0 saturated heterocycles. The third-order valence-electron chi connectivity index (χ3n) is 1.38. The van der Waals surface area contributed by atoms with Gasteiger partial charge in [0.05, 0.1) is 0 Å². The Kier molecular flexibility index (Phi) is 3.95. The number of aldehydes is 1. The molecule has 5 heteroatoms. The van der Waals surface area contributed by atoms with Crippen molar-refractivity contribution in [3.05, 3.63) is 5.89 Å². The lowest BCUT2D eigenvalue weighted by Gasteiger charge is -1.93. The third kappa shape index (κ3) is 3.18. The summed E-state index contributed by atoms with van der Waals surface area (Å²) >= 11 is 1.41. The molecule has 1 rings (SSSR count). The van der Waals surface area contributed by atoms with Gasteiger partial charge in [0, 0.05) is 18.1 Å². The van der Waals surface area contributed by atoms with E-state index in [0.29, 0.717) is 23.3 Å². The smallest absolute Gasteiger partial charge is 0.276 e. The number of rotatable bonds is 5. The predicted octanol–water partition coefficient (Wildman–Crippen LogP) is 1.87. The summed E-state index contributed by atoms with van der Waals surface area (Å²) < 4.78 is 5.32. The Hall–Kier alpha value is -0.840. The summed E-state index contributed by atoms with van der Waals surface area (Å²) in [6.45, 7) is 3.99. The van der Waals surface area contributed by atoms with Crippen molar-refractivity contribution in [3.63, 3.8) is 0 Å². The minimum atomic E-state index is 0.257. The van der Waals surface area contributed by atoms with E-state index in [4.69, 9.17) is 4.42 Å². The first kappa shape index (κ1) is 10.2. The second kappa shape index (κ2) is 5.01. The first-order valence-electron chi connectivity index (χ1n) is 4.14. The molecule has 1 aromatic heterocycles. The highest BCUT2D eigenvalue weighted by atomic mass is 32.2. The molecule has 0 aliphatic carbocycles. The lowest BCUT2D eigenvalue weighted by atomic mass is 10.2. The lowest BCUT2D eigenvalue weighted by Crippen LogP contribution is -1.85. The van der Waals surface area contributed by atoms with Gasteiger partial charge in [-0.2, -0.15) is 0 Å². The maximum Gasteiger partial charge on any atom is 0.276 e. The van der Waals surface area contributed by atoms with Crippen molar-refractivity contribution in [1.29, 1.82) is 0 Å². The second-order valence-electron chi connectivity index (χ2n) is 2.86. The average molecular weight is 200 g/mol. The summed E-state index contributed by atoms with van der Waals surface area (Å²) in [4.78, 5) is 10.0. The standard InChI is InChI=1S/C8H12N2O2S/c1-6(2)7-9-10-8(12-7)13-5-3-4-11/h4,6H,3,5H2,1-2H3. The van der Waals surface area contributed by atoms with Gasteiger partial charge < -0.3 is 9.21 Å². The molecule has 4 nitrogen and oxygen atoms in total. The van der Waals surface area contributed by atoms with Crippen molar-refractivity contribution in [2.75, 3.05) is 5.75 Å².